The molecule has 2 fully saturated rings. The lowest BCUT2D eigenvalue weighted by molar-refractivity contribution is 0.0132. The number of hydrogen-bond acceptors (Lipinski definition) is 11. The first-order valence-corrected chi connectivity index (χ1v) is 17.0. The average molecular weight is 684 g/mol. The maximum absolute atomic E-state index is 16.9. The van der Waals surface area contributed by atoms with E-state index in [4.69, 9.17) is 14.2 Å². The predicted molar refractivity (Wildman–Crippen MR) is 184 cm³/mol. The molecule has 13 heteroatoms. The van der Waals surface area contributed by atoms with Crippen LogP contribution in [0.25, 0.3) is 32.9 Å². The van der Waals surface area contributed by atoms with Crippen LogP contribution in [0.1, 0.15) is 52.9 Å². The van der Waals surface area contributed by atoms with Crippen LogP contribution in [0.5, 0.6) is 17.6 Å². The Morgan fingerprint density at radius 3 is 2.57 bits per heavy atom. The molecule has 4 aromatic rings. The Morgan fingerprint density at radius 2 is 1.86 bits per heavy atom. The van der Waals surface area contributed by atoms with E-state index in [9.17, 15) is 15.3 Å². The number of hydrogen-bond donors (Lipinski definition) is 3. The molecule has 2 aromatic heterocycles. The van der Waals surface area contributed by atoms with Gasteiger partial charge < -0.3 is 39.3 Å². The molecular formula is C36H47F2N5O6. The number of phenolic OH excluding ortho intramolecular Hbond substituents is 1. The summed E-state index contributed by atoms with van der Waals surface area (Å²) in [5.41, 5.74) is -0.614. The summed E-state index contributed by atoms with van der Waals surface area (Å²) in [5, 5.41) is 31.4. The fraction of sp³-hybridized carbons (Fsp3) is 0.528. The second kappa shape index (κ2) is 15.8. The molecule has 2 unspecified atom stereocenters. The summed E-state index contributed by atoms with van der Waals surface area (Å²) >= 11 is 0. The molecule has 3 heterocycles. The van der Waals surface area contributed by atoms with E-state index in [0.717, 1.165) is 38.6 Å². The lowest BCUT2D eigenvalue weighted by Gasteiger charge is -2.44. The number of halogens is 2. The van der Waals surface area contributed by atoms with Crippen LogP contribution in [0, 0.1) is 17.0 Å². The zero-order valence-electron chi connectivity index (χ0n) is 28.9. The molecule has 1 aliphatic heterocycles. The number of phenols is 1. The molecule has 0 spiro atoms. The number of aliphatic hydroxyl groups is 2. The van der Waals surface area contributed by atoms with Gasteiger partial charge in [-0.15, -0.1) is 0 Å². The molecule has 1 aliphatic carbocycles. The number of aromatic hydroxyl groups is 1. The Hall–Kier alpha value is -3.91. The fourth-order valence-corrected chi connectivity index (χ4v) is 7.52. The number of anilines is 1. The Morgan fingerprint density at radius 1 is 1.08 bits per heavy atom. The first-order chi connectivity index (χ1) is 23.7. The van der Waals surface area contributed by atoms with Crippen molar-refractivity contribution in [1.82, 2.24) is 19.9 Å². The van der Waals surface area contributed by atoms with Crippen molar-refractivity contribution in [1.29, 1.82) is 0 Å². The van der Waals surface area contributed by atoms with Gasteiger partial charge in [0, 0.05) is 29.0 Å². The van der Waals surface area contributed by atoms with E-state index in [-0.39, 0.29) is 69.6 Å². The molecule has 2 aromatic carbocycles. The van der Waals surface area contributed by atoms with Crippen LogP contribution in [0.15, 0.2) is 30.3 Å². The highest BCUT2D eigenvalue weighted by Gasteiger charge is 2.47. The summed E-state index contributed by atoms with van der Waals surface area (Å²) in [6, 6.07) is 7.23. The maximum atomic E-state index is 16.9. The van der Waals surface area contributed by atoms with Crippen LogP contribution < -0.4 is 14.4 Å². The highest BCUT2D eigenvalue weighted by molar-refractivity contribution is 6.02. The Kier molecular flexibility index (Phi) is 11.7. The molecule has 266 valence electrons. The summed E-state index contributed by atoms with van der Waals surface area (Å²) in [6.07, 6.45) is 4.47. The second-order valence-electron chi connectivity index (χ2n) is 12.4. The van der Waals surface area contributed by atoms with Gasteiger partial charge in [-0.25, -0.2) is 13.8 Å². The third kappa shape index (κ3) is 7.07. The van der Waals surface area contributed by atoms with Gasteiger partial charge in [-0.2, -0.15) is 9.97 Å². The number of benzene rings is 2. The van der Waals surface area contributed by atoms with E-state index in [1.165, 1.54) is 36.3 Å². The van der Waals surface area contributed by atoms with E-state index in [2.05, 4.69) is 26.9 Å². The molecule has 1 saturated carbocycles. The topological polar surface area (TPSA) is 134 Å². The van der Waals surface area contributed by atoms with Crippen molar-refractivity contribution in [2.45, 2.75) is 65.0 Å². The molecule has 1 saturated heterocycles. The summed E-state index contributed by atoms with van der Waals surface area (Å²) in [7, 11) is 3.48. The van der Waals surface area contributed by atoms with Crippen LogP contribution in [0.2, 0.25) is 0 Å². The van der Waals surface area contributed by atoms with Gasteiger partial charge in [0.2, 0.25) is 5.88 Å². The van der Waals surface area contributed by atoms with Crippen molar-refractivity contribution in [3.63, 3.8) is 0 Å². The molecule has 49 heavy (non-hydrogen) atoms. The lowest BCUT2D eigenvalue weighted by Crippen LogP contribution is -2.50. The molecule has 2 aliphatic rings. The van der Waals surface area contributed by atoms with Crippen molar-refractivity contribution < 1.29 is 38.3 Å². The van der Waals surface area contributed by atoms with Crippen molar-refractivity contribution in [3.8, 4) is 28.9 Å². The number of rotatable bonds is 12. The third-order valence-electron chi connectivity index (χ3n) is 9.64. The van der Waals surface area contributed by atoms with E-state index in [1.807, 2.05) is 13.8 Å². The molecule has 6 rings (SSSR count). The second-order valence-corrected chi connectivity index (χ2v) is 12.4. The largest absolute Gasteiger partial charge is 0.508 e. The van der Waals surface area contributed by atoms with Crippen LogP contribution >= 0.6 is 0 Å². The van der Waals surface area contributed by atoms with Crippen molar-refractivity contribution in [2.24, 2.45) is 5.41 Å². The Balaban J connectivity index is 0.00000230. The minimum Gasteiger partial charge on any atom is -0.508 e. The Labute approximate surface area is 285 Å². The number of likely N-dealkylation sites (tertiary alicyclic amines) is 1. The average Bonchev–Trinajstić information content (AvgIpc) is 3.55. The number of nitrogens with zero attached hydrogens (tertiary/aromatic N) is 5. The molecule has 0 radical (unpaired) electrons. The quantitative estimate of drug-likeness (QED) is 0.160. The first kappa shape index (κ1) is 36.4. The van der Waals surface area contributed by atoms with E-state index in [1.54, 1.807) is 13.0 Å². The van der Waals surface area contributed by atoms with Gasteiger partial charge in [-0.3, -0.25) is 0 Å². The van der Waals surface area contributed by atoms with Gasteiger partial charge >= 0.3 is 6.01 Å². The fourth-order valence-electron chi connectivity index (χ4n) is 7.52. The minimum absolute atomic E-state index is 0.00185. The smallest absolute Gasteiger partial charge is 0.319 e. The number of piperidine rings is 1. The molecule has 0 bridgehead atoms. The number of methoxy groups -OCH3 is 1. The zero-order valence-corrected chi connectivity index (χ0v) is 28.9. The van der Waals surface area contributed by atoms with Crippen molar-refractivity contribution in [3.05, 3.63) is 42.0 Å². The maximum Gasteiger partial charge on any atom is 0.319 e. The molecule has 0 amide bonds. The predicted octanol–water partition coefficient (Wildman–Crippen LogP) is 5.66. The van der Waals surface area contributed by atoms with Crippen LogP contribution in [-0.2, 0) is 4.74 Å². The number of aliphatic hydroxyl groups excluding tert-OH is 2. The summed E-state index contributed by atoms with van der Waals surface area (Å²) in [4.78, 5) is 17.4. The number of aromatic nitrogens is 3. The van der Waals surface area contributed by atoms with Crippen LogP contribution in [-0.4, -0.2) is 101 Å². The van der Waals surface area contributed by atoms with Gasteiger partial charge in [-0.05, 0) is 69.8 Å². The molecule has 3 N–H and O–H groups in total. The van der Waals surface area contributed by atoms with Gasteiger partial charge in [-0.1, -0.05) is 32.4 Å². The molecular weight excluding hydrogens is 636 g/mol. The lowest BCUT2D eigenvalue weighted by atomic mass is 9.76. The van der Waals surface area contributed by atoms with E-state index < -0.39 is 24.5 Å². The van der Waals surface area contributed by atoms with Crippen LogP contribution in [0.3, 0.4) is 0 Å². The summed E-state index contributed by atoms with van der Waals surface area (Å²) in [5.74, 6) is -1.77. The van der Waals surface area contributed by atoms with Crippen molar-refractivity contribution >= 4 is 27.5 Å². The highest BCUT2D eigenvalue weighted by Crippen LogP contribution is 2.48. The third-order valence-corrected chi connectivity index (χ3v) is 9.64. The zero-order chi connectivity index (χ0) is 35.3. The van der Waals surface area contributed by atoms with Gasteiger partial charge in [0.05, 0.1) is 33.0 Å². The monoisotopic (exact) mass is 683 g/mol. The highest BCUT2D eigenvalue weighted by atomic mass is 19.1. The SMILES string of the molecule is CC.CCO[C@@H](CO)CN(CO)c1nc(OCC23CCCC2N(C)CCC3)nc2c(F)c(-c3cc(O)cc4cccc(F)c34)nc(OC)c12. The number of fused-ring (bicyclic) bond motifs is 3. The van der Waals surface area contributed by atoms with Gasteiger partial charge in [0.25, 0.3) is 0 Å². The van der Waals surface area contributed by atoms with E-state index in [0.29, 0.717) is 24.6 Å². The molecule has 11 nitrogen and oxygen atoms in total. The summed E-state index contributed by atoms with van der Waals surface area (Å²) in [6.45, 7) is 6.54. The minimum atomic E-state index is -0.917. The number of pyridine rings is 1. The number of ether oxygens (including phenoxy) is 3. The van der Waals surface area contributed by atoms with Crippen LogP contribution in [0.4, 0.5) is 14.6 Å². The van der Waals surface area contributed by atoms with Gasteiger partial charge in [0.1, 0.15) is 34.9 Å². The molecule has 3 atom stereocenters. The van der Waals surface area contributed by atoms with Crippen molar-refractivity contribution in [2.75, 3.05) is 58.7 Å². The van der Waals surface area contributed by atoms with E-state index >= 15 is 8.78 Å². The standard InChI is InChI=1S/C34H41F2N5O6.C2H6/c1-4-46-22(17-42)16-41(19-43)31-27-30(38-33(39-31)47-18-34-11-6-10-25(34)40(2)13-7-12-34)28(36)29(37-32(27)45-3)23-15-21(44)14-20-8-5-9-24(35)26(20)23;1-2/h5,8-9,14-15,22,25,42-44H,4,6-7,10-13,16-19H2,1-3H3;1-2H3/t22-,25?,34?;/m1./s1. The van der Waals surface area contributed by atoms with Gasteiger partial charge in [0.15, 0.2) is 11.6 Å². The Bertz CT molecular complexity index is 1760. The summed E-state index contributed by atoms with van der Waals surface area (Å²) < 4.78 is 49.7. The first-order valence-electron chi connectivity index (χ1n) is 17.0. The normalized spacial score (nSPS) is 19.7.